The molecule has 0 aromatic carbocycles. The quantitative estimate of drug-likeness (QED) is 0.509. The number of hydrogen-bond acceptors (Lipinski definition) is 8. The van der Waals surface area contributed by atoms with Crippen LogP contribution in [-0.4, -0.2) is 52.3 Å². The molecule has 28 heavy (non-hydrogen) atoms. The molecule has 0 aromatic heterocycles. The van der Waals surface area contributed by atoms with E-state index in [0.717, 1.165) is 12.8 Å². The predicted octanol–water partition coefficient (Wildman–Crippen LogP) is 1.74. The zero-order chi connectivity index (χ0) is 20.8. The second kappa shape index (κ2) is 9.89. The summed E-state index contributed by atoms with van der Waals surface area (Å²) in [5, 5.41) is 0. The lowest BCUT2D eigenvalue weighted by Crippen LogP contribution is -2.42. The first-order valence-corrected chi connectivity index (χ1v) is 9.69. The van der Waals surface area contributed by atoms with Crippen LogP contribution in [0.15, 0.2) is 0 Å². The molecule has 158 valence electrons. The van der Waals surface area contributed by atoms with Gasteiger partial charge < -0.3 is 18.9 Å². The zero-order valence-electron chi connectivity index (χ0n) is 17.0. The molecular weight excluding hydrogens is 368 g/mol. The van der Waals surface area contributed by atoms with Crippen LogP contribution in [0.5, 0.6) is 0 Å². The molecule has 0 spiro atoms. The molecule has 0 heterocycles. The van der Waals surface area contributed by atoms with Crippen molar-refractivity contribution in [2.75, 3.05) is 28.4 Å². The minimum absolute atomic E-state index is 0.163. The van der Waals surface area contributed by atoms with Crippen LogP contribution >= 0.6 is 0 Å². The number of ether oxygens (including phenoxy) is 4. The molecular formula is C20H30O8. The Bertz CT molecular complexity index is 549. The fraction of sp³-hybridized carbons (Fsp3) is 0.800. The van der Waals surface area contributed by atoms with Gasteiger partial charge in [0.1, 0.15) is 0 Å². The molecule has 0 aliphatic heterocycles. The Morgan fingerprint density at radius 2 is 0.786 bits per heavy atom. The van der Waals surface area contributed by atoms with Gasteiger partial charge in [-0.05, 0) is 50.4 Å². The highest BCUT2D eigenvalue weighted by atomic mass is 16.5. The van der Waals surface area contributed by atoms with Crippen LogP contribution in [-0.2, 0) is 38.1 Å². The van der Waals surface area contributed by atoms with Crippen molar-refractivity contribution in [2.24, 2.45) is 35.5 Å². The summed E-state index contributed by atoms with van der Waals surface area (Å²) in [5.74, 6) is -3.39. The van der Waals surface area contributed by atoms with Gasteiger partial charge in [0.05, 0.1) is 52.1 Å². The fourth-order valence-electron chi connectivity index (χ4n) is 4.95. The molecule has 2 saturated carbocycles. The van der Waals surface area contributed by atoms with E-state index in [4.69, 9.17) is 18.9 Å². The van der Waals surface area contributed by atoms with E-state index >= 15 is 0 Å². The number of rotatable bonds is 5. The first-order chi connectivity index (χ1) is 13.4. The third-order valence-corrected chi connectivity index (χ3v) is 6.46. The standard InChI is InChI=1S/C20H30O8/c1-25-17(21)13-7-5-11(9-15(13)19(23)27-3)12-6-8-14(18(22)26-2)16(10-12)20(24)28-4/h11-16H,5-10H2,1-4H3/t11-,12+,13-,14+,15-,16+. The van der Waals surface area contributed by atoms with E-state index in [1.165, 1.54) is 28.4 Å². The average Bonchev–Trinajstić information content (AvgIpc) is 2.75. The minimum atomic E-state index is -0.550. The van der Waals surface area contributed by atoms with E-state index in [2.05, 4.69) is 0 Å². The summed E-state index contributed by atoms with van der Waals surface area (Å²) in [6.45, 7) is 0. The summed E-state index contributed by atoms with van der Waals surface area (Å²) in [4.78, 5) is 48.7. The molecule has 2 rings (SSSR count). The summed E-state index contributed by atoms with van der Waals surface area (Å²) in [6.07, 6.45) is 3.61. The molecule has 0 saturated heterocycles. The van der Waals surface area contributed by atoms with Gasteiger partial charge in [0, 0.05) is 0 Å². The Morgan fingerprint density at radius 3 is 1.07 bits per heavy atom. The molecule has 0 bridgehead atoms. The van der Waals surface area contributed by atoms with Crippen LogP contribution in [0.2, 0.25) is 0 Å². The molecule has 0 N–H and O–H groups in total. The molecule has 0 aromatic rings. The molecule has 8 nitrogen and oxygen atoms in total. The molecule has 0 radical (unpaired) electrons. The molecule has 2 aliphatic carbocycles. The van der Waals surface area contributed by atoms with Gasteiger partial charge in [0.2, 0.25) is 0 Å². The smallest absolute Gasteiger partial charge is 0.309 e. The van der Waals surface area contributed by atoms with Crippen molar-refractivity contribution in [2.45, 2.75) is 38.5 Å². The third kappa shape index (κ3) is 4.64. The van der Waals surface area contributed by atoms with Crippen molar-refractivity contribution >= 4 is 23.9 Å². The Balaban J connectivity index is 2.14. The Labute approximate surface area is 165 Å². The van der Waals surface area contributed by atoms with E-state index in [1.807, 2.05) is 0 Å². The summed E-state index contributed by atoms with van der Waals surface area (Å²) in [5.41, 5.74) is 0. The molecule has 6 atom stereocenters. The second-order valence-electron chi connectivity index (χ2n) is 7.66. The van der Waals surface area contributed by atoms with Crippen molar-refractivity contribution in [1.29, 1.82) is 0 Å². The van der Waals surface area contributed by atoms with Gasteiger partial charge >= 0.3 is 23.9 Å². The van der Waals surface area contributed by atoms with Crippen LogP contribution in [0.3, 0.4) is 0 Å². The highest BCUT2D eigenvalue weighted by Crippen LogP contribution is 2.46. The van der Waals surface area contributed by atoms with Crippen LogP contribution in [0.25, 0.3) is 0 Å². The number of hydrogen-bond donors (Lipinski definition) is 0. The van der Waals surface area contributed by atoms with Crippen LogP contribution in [0.1, 0.15) is 38.5 Å². The van der Waals surface area contributed by atoms with E-state index < -0.39 is 47.5 Å². The van der Waals surface area contributed by atoms with Crippen LogP contribution in [0, 0.1) is 35.5 Å². The minimum Gasteiger partial charge on any atom is -0.469 e. The SMILES string of the molecule is COC(=O)[C@H]1CC[C@H]([C@@H]2CC[C@@H](C(=O)OC)[C@H](C(=O)OC)C2)C[C@@H]1C(=O)OC. The van der Waals surface area contributed by atoms with Gasteiger partial charge in [-0.15, -0.1) is 0 Å². The van der Waals surface area contributed by atoms with Gasteiger partial charge in [0.15, 0.2) is 0 Å². The van der Waals surface area contributed by atoms with Crippen LogP contribution < -0.4 is 0 Å². The summed E-state index contributed by atoms with van der Waals surface area (Å²) in [6, 6.07) is 0. The summed E-state index contributed by atoms with van der Waals surface area (Å²) < 4.78 is 19.5. The number of esters is 4. The van der Waals surface area contributed by atoms with Gasteiger partial charge in [-0.1, -0.05) is 0 Å². The molecule has 0 amide bonds. The maximum atomic E-state index is 12.3. The van der Waals surface area contributed by atoms with Crippen molar-refractivity contribution in [1.82, 2.24) is 0 Å². The van der Waals surface area contributed by atoms with E-state index in [0.29, 0.717) is 25.7 Å². The third-order valence-electron chi connectivity index (χ3n) is 6.46. The largest absolute Gasteiger partial charge is 0.469 e. The first-order valence-electron chi connectivity index (χ1n) is 9.69. The van der Waals surface area contributed by atoms with Gasteiger partial charge in [-0.2, -0.15) is 0 Å². The molecule has 2 fully saturated rings. The van der Waals surface area contributed by atoms with Crippen molar-refractivity contribution in [3.63, 3.8) is 0 Å². The number of methoxy groups -OCH3 is 4. The lowest BCUT2D eigenvalue weighted by Gasteiger charge is -2.41. The van der Waals surface area contributed by atoms with Gasteiger partial charge in [-0.25, -0.2) is 0 Å². The highest BCUT2D eigenvalue weighted by molar-refractivity contribution is 5.83. The molecule has 8 heteroatoms. The number of carbonyl (C=O) groups is 4. The Hall–Kier alpha value is -2.12. The van der Waals surface area contributed by atoms with Crippen molar-refractivity contribution in [3.8, 4) is 0 Å². The highest BCUT2D eigenvalue weighted by Gasteiger charge is 2.47. The number of carbonyl (C=O) groups excluding carboxylic acids is 4. The van der Waals surface area contributed by atoms with E-state index in [9.17, 15) is 19.2 Å². The second-order valence-corrected chi connectivity index (χ2v) is 7.66. The summed E-state index contributed by atoms with van der Waals surface area (Å²) >= 11 is 0. The lowest BCUT2D eigenvalue weighted by atomic mass is 9.63. The fourth-order valence-corrected chi connectivity index (χ4v) is 4.95. The maximum Gasteiger partial charge on any atom is 0.309 e. The monoisotopic (exact) mass is 398 g/mol. The van der Waals surface area contributed by atoms with Gasteiger partial charge in [-0.3, -0.25) is 19.2 Å². The van der Waals surface area contributed by atoms with Crippen LogP contribution in [0.4, 0.5) is 0 Å². The summed E-state index contributed by atoms with van der Waals surface area (Å²) in [7, 11) is 5.26. The van der Waals surface area contributed by atoms with E-state index in [1.54, 1.807) is 0 Å². The Morgan fingerprint density at radius 1 is 0.500 bits per heavy atom. The Kier molecular flexibility index (Phi) is 7.83. The molecule has 2 aliphatic rings. The zero-order valence-corrected chi connectivity index (χ0v) is 17.0. The van der Waals surface area contributed by atoms with Crippen molar-refractivity contribution in [3.05, 3.63) is 0 Å². The average molecular weight is 398 g/mol. The normalized spacial score (nSPS) is 32.7. The maximum absolute atomic E-state index is 12.3. The predicted molar refractivity (Wildman–Crippen MR) is 96.7 cm³/mol. The topological polar surface area (TPSA) is 105 Å². The molecule has 0 unspecified atom stereocenters. The lowest BCUT2D eigenvalue weighted by molar-refractivity contribution is -0.163. The first kappa shape index (κ1) is 22.2. The van der Waals surface area contributed by atoms with Gasteiger partial charge in [0.25, 0.3) is 0 Å². The van der Waals surface area contributed by atoms with E-state index in [-0.39, 0.29) is 11.8 Å². The van der Waals surface area contributed by atoms with Crippen molar-refractivity contribution < 1.29 is 38.1 Å².